The third kappa shape index (κ3) is 5.74. The van der Waals surface area contributed by atoms with Gasteiger partial charge in [0.1, 0.15) is 17.9 Å². The monoisotopic (exact) mass is 597 g/mol. The Bertz CT molecular complexity index is 1490. The Kier molecular flexibility index (Phi) is 8.84. The molecule has 0 spiro atoms. The number of piperazine rings is 1. The molecule has 1 aromatic heterocycles. The first-order valence-electron chi connectivity index (χ1n) is 14.4. The molecule has 1 N–H and O–H groups in total. The molecule has 0 bridgehead atoms. The van der Waals surface area contributed by atoms with Crippen molar-refractivity contribution in [2.45, 2.75) is 45.1 Å². The zero-order valence-corrected chi connectivity index (χ0v) is 25.2. The maximum absolute atomic E-state index is 16.8. The van der Waals surface area contributed by atoms with Crippen LogP contribution < -0.4 is 9.64 Å². The summed E-state index contributed by atoms with van der Waals surface area (Å²) in [5.74, 6) is -0.928. The minimum Gasteiger partial charge on any atom is -0.463 e. The molecule has 2 heterocycles. The van der Waals surface area contributed by atoms with Crippen LogP contribution in [0.1, 0.15) is 49.3 Å². The van der Waals surface area contributed by atoms with Gasteiger partial charge in [0.15, 0.2) is 5.82 Å². The third-order valence-corrected chi connectivity index (χ3v) is 8.73. The van der Waals surface area contributed by atoms with E-state index in [9.17, 15) is 14.7 Å². The fourth-order valence-electron chi connectivity index (χ4n) is 5.97. The summed E-state index contributed by atoms with van der Waals surface area (Å²) in [7, 11) is 3.33. The highest BCUT2D eigenvalue weighted by Gasteiger charge is 2.37. The van der Waals surface area contributed by atoms with Gasteiger partial charge in [-0.2, -0.15) is 9.97 Å². The Balaban J connectivity index is 1.60. The second-order valence-corrected chi connectivity index (χ2v) is 11.6. The van der Waals surface area contributed by atoms with E-state index in [-0.39, 0.29) is 52.9 Å². The highest BCUT2D eigenvalue weighted by Crippen LogP contribution is 2.46. The zero-order valence-electron chi connectivity index (χ0n) is 24.4. The number of aromatic nitrogens is 2. The Labute approximate surface area is 250 Å². The van der Waals surface area contributed by atoms with Crippen LogP contribution in [0.15, 0.2) is 30.3 Å². The molecule has 0 radical (unpaired) electrons. The van der Waals surface area contributed by atoms with E-state index < -0.39 is 17.8 Å². The van der Waals surface area contributed by atoms with Gasteiger partial charge in [-0.05, 0) is 29.5 Å². The second-order valence-electron chi connectivity index (χ2n) is 11.2. The third-order valence-electron chi connectivity index (χ3n) is 8.42. The van der Waals surface area contributed by atoms with Crippen molar-refractivity contribution in [2.24, 2.45) is 5.92 Å². The molecule has 1 saturated heterocycles. The molecule has 2 aliphatic rings. The number of aliphatic hydroxyl groups is 1. The van der Waals surface area contributed by atoms with Crippen LogP contribution in [0.3, 0.4) is 0 Å². The van der Waals surface area contributed by atoms with Gasteiger partial charge in [0.25, 0.3) is 0 Å². The summed E-state index contributed by atoms with van der Waals surface area (Å²) >= 11 is 6.88. The standard InChI is InChI=1S/C31H37ClFN5O4/c1-5-24(40)37-11-13-38(14-12-37)30-21-17-22(32)27(26-18(2)23(39)16-19-8-6-7-9-20(19)26)28(33)29(21)34-31(35-30)42-15-10-25(41)36(3)4/h6-9,17-18,23,26,39H,5,10-16H2,1-4H3/t18-,23-,26-/m0/s1. The highest BCUT2D eigenvalue weighted by molar-refractivity contribution is 6.32. The molecule has 42 heavy (non-hydrogen) atoms. The molecule has 11 heteroatoms. The van der Waals surface area contributed by atoms with Crippen LogP contribution >= 0.6 is 11.6 Å². The fourth-order valence-corrected chi connectivity index (χ4v) is 6.28. The van der Waals surface area contributed by atoms with Crippen LogP contribution in [0.2, 0.25) is 5.02 Å². The molecule has 9 nitrogen and oxygen atoms in total. The van der Waals surface area contributed by atoms with Crippen molar-refractivity contribution in [3.05, 3.63) is 57.9 Å². The molecule has 0 saturated carbocycles. The van der Waals surface area contributed by atoms with E-state index in [0.29, 0.717) is 50.2 Å². The molecule has 3 aromatic rings. The summed E-state index contributed by atoms with van der Waals surface area (Å²) in [5, 5.41) is 11.6. The van der Waals surface area contributed by atoms with Gasteiger partial charge in [0, 0.05) is 68.6 Å². The molecule has 2 aromatic carbocycles. The molecule has 224 valence electrons. The lowest BCUT2D eigenvalue weighted by Crippen LogP contribution is -2.49. The van der Waals surface area contributed by atoms with E-state index in [2.05, 4.69) is 9.97 Å². The van der Waals surface area contributed by atoms with Crippen molar-refractivity contribution < 1.29 is 23.8 Å². The summed E-state index contributed by atoms with van der Waals surface area (Å²) in [5.41, 5.74) is 2.23. The van der Waals surface area contributed by atoms with Gasteiger partial charge in [-0.15, -0.1) is 0 Å². The molecule has 3 atom stereocenters. The number of anilines is 1. The number of carbonyl (C=O) groups excluding carboxylic acids is 2. The number of hydrogen-bond donors (Lipinski definition) is 1. The fraction of sp³-hybridized carbons (Fsp3) is 0.484. The summed E-state index contributed by atoms with van der Waals surface area (Å²) < 4.78 is 22.6. The van der Waals surface area contributed by atoms with Crippen molar-refractivity contribution >= 4 is 40.1 Å². The molecular formula is C31H37ClFN5O4. The second kappa shape index (κ2) is 12.4. The number of carbonyl (C=O) groups is 2. The Morgan fingerprint density at radius 2 is 1.88 bits per heavy atom. The Morgan fingerprint density at radius 1 is 1.17 bits per heavy atom. The lowest BCUT2D eigenvalue weighted by molar-refractivity contribution is -0.131. The van der Waals surface area contributed by atoms with E-state index in [1.54, 1.807) is 20.2 Å². The first kappa shape index (κ1) is 30.0. The predicted octanol–water partition coefficient (Wildman–Crippen LogP) is 4.02. The first-order chi connectivity index (χ1) is 20.1. The summed E-state index contributed by atoms with van der Waals surface area (Å²) in [6, 6.07) is 9.39. The summed E-state index contributed by atoms with van der Waals surface area (Å²) in [6.07, 6.45) is 0.376. The van der Waals surface area contributed by atoms with Crippen molar-refractivity contribution in [2.75, 3.05) is 51.8 Å². The van der Waals surface area contributed by atoms with E-state index in [0.717, 1.165) is 11.1 Å². The minimum atomic E-state index is -0.660. The molecule has 2 amide bonds. The summed E-state index contributed by atoms with van der Waals surface area (Å²) in [4.78, 5) is 38.8. The van der Waals surface area contributed by atoms with Crippen LogP contribution in [-0.2, 0) is 16.0 Å². The normalized spacial score (nSPS) is 20.4. The highest BCUT2D eigenvalue weighted by atomic mass is 35.5. The quantitative estimate of drug-likeness (QED) is 0.439. The Morgan fingerprint density at radius 3 is 2.57 bits per heavy atom. The molecule has 1 fully saturated rings. The molecule has 0 unspecified atom stereocenters. The van der Waals surface area contributed by atoms with Gasteiger partial charge in [-0.25, -0.2) is 4.39 Å². The number of aliphatic hydroxyl groups excluding tert-OH is 1. The first-order valence-corrected chi connectivity index (χ1v) is 14.8. The van der Waals surface area contributed by atoms with Crippen LogP contribution in [-0.4, -0.2) is 89.7 Å². The lowest BCUT2D eigenvalue weighted by atomic mass is 9.71. The van der Waals surface area contributed by atoms with Crippen molar-refractivity contribution in [1.29, 1.82) is 0 Å². The number of amides is 2. The topological polar surface area (TPSA) is 99.1 Å². The van der Waals surface area contributed by atoms with Gasteiger partial charge in [-0.1, -0.05) is 49.7 Å². The van der Waals surface area contributed by atoms with Crippen LogP contribution in [0, 0.1) is 11.7 Å². The van der Waals surface area contributed by atoms with Crippen molar-refractivity contribution in [3.63, 3.8) is 0 Å². The van der Waals surface area contributed by atoms with Crippen molar-refractivity contribution in [1.82, 2.24) is 19.8 Å². The molecule has 1 aliphatic heterocycles. The molecule has 5 rings (SSSR count). The maximum Gasteiger partial charge on any atom is 0.319 e. The maximum atomic E-state index is 16.8. The smallest absolute Gasteiger partial charge is 0.319 e. The number of halogens is 2. The van der Waals surface area contributed by atoms with E-state index in [1.807, 2.05) is 47.9 Å². The van der Waals surface area contributed by atoms with Gasteiger partial charge < -0.3 is 24.5 Å². The number of benzene rings is 2. The summed E-state index contributed by atoms with van der Waals surface area (Å²) in [6.45, 7) is 5.78. The number of fused-ring (bicyclic) bond motifs is 2. The van der Waals surface area contributed by atoms with Crippen LogP contribution in [0.4, 0.5) is 10.2 Å². The molecule has 1 aliphatic carbocycles. The van der Waals surface area contributed by atoms with Gasteiger partial charge >= 0.3 is 6.01 Å². The number of hydrogen-bond acceptors (Lipinski definition) is 7. The SMILES string of the molecule is CCC(=O)N1CCN(c2nc(OCCC(=O)N(C)C)nc3c(F)c([C@@H]4c5ccccc5C[C@H](O)[C@@H]4C)c(Cl)cc23)CC1. The van der Waals surface area contributed by atoms with Gasteiger partial charge in [-0.3, -0.25) is 9.59 Å². The van der Waals surface area contributed by atoms with E-state index >= 15 is 4.39 Å². The Hall–Kier alpha value is -3.50. The average Bonchev–Trinajstić information content (AvgIpc) is 2.98. The van der Waals surface area contributed by atoms with Crippen LogP contribution in [0.5, 0.6) is 6.01 Å². The zero-order chi connectivity index (χ0) is 30.1. The lowest BCUT2D eigenvalue weighted by Gasteiger charge is -2.37. The van der Waals surface area contributed by atoms with Gasteiger partial charge in [0.05, 0.1) is 12.5 Å². The molecular weight excluding hydrogens is 561 g/mol. The van der Waals surface area contributed by atoms with Gasteiger partial charge in [0.2, 0.25) is 11.8 Å². The minimum absolute atomic E-state index is 0.0298. The number of ether oxygens (including phenoxy) is 1. The van der Waals surface area contributed by atoms with Crippen LogP contribution in [0.25, 0.3) is 10.9 Å². The largest absolute Gasteiger partial charge is 0.463 e. The number of nitrogens with zero attached hydrogens (tertiary/aromatic N) is 5. The average molecular weight is 598 g/mol. The van der Waals surface area contributed by atoms with Crippen molar-refractivity contribution in [3.8, 4) is 6.01 Å². The van der Waals surface area contributed by atoms with E-state index in [4.69, 9.17) is 16.3 Å². The van der Waals surface area contributed by atoms with E-state index in [1.165, 1.54) is 4.90 Å². The number of rotatable bonds is 7. The predicted molar refractivity (Wildman–Crippen MR) is 160 cm³/mol.